The molecule has 0 aliphatic heterocycles. The van der Waals surface area contributed by atoms with Crippen molar-refractivity contribution in [3.8, 4) is 17.6 Å². The maximum Gasteiger partial charge on any atom is 0.331 e. The molecule has 0 aliphatic rings. The van der Waals surface area contributed by atoms with E-state index in [9.17, 15) is 9.59 Å². The van der Waals surface area contributed by atoms with Gasteiger partial charge in [-0.1, -0.05) is 18.2 Å². The second-order valence-corrected chi connectivity index (χ2v) is 6.64. The highest BCUT2D eigenvalue weighted by Crippen LogP contribution is 2.29. The van der Waals surface area contributed by atoms with Crippen molar-refractivity contribution in [3.63, 3.8) is 0 Å². The fraction of sp³-hybridized carbons (Fsp3) is 0.261. The predicted molar refractivity (Wildman–Crippen MR) is 113 cm³/mol. The monoisotopic (exact) mass is 408 g/mol. The van der Waals surface area contributed by atoms with E-state index in [0.29, 0.717) is 28.3 Å². The number of nitriles is 1. The van der Waals surface area contributed by atoms with E-state index in [2.05, 4.69) is 5.32 Å². The topological polar surface area (TPSA) is 97.6 Å². The summed E-state index contributed by atoms with van der Waals surface area (Å²) in [4.78, 5) is 24.3. The molecular weight excluding hydrogens is 384 g/mol. The first kappa shape index (κ1) is 22.5. The zero-order valence-corrected chi connectivity index (χ0v) is 17.3. The van der Waals surface area contributed by atoms with E-state index in [0.717, 1.165) is 0 Å². The van der Waals surface area contributed by atoms with Gasteiger partial charge < -0.3 is 19.5 Å². The van der Waals surface area contributed by atoms with Gasteiger partial charge in [0.2, 0.25) is 0 Å². The van der Waals surface area contributed by atoms with E-state index in [1.54, 1.807) is 48.5 Å². The standard InChI is InChI=1S/C23H24N2O5/c1-15(2)29-20-11-9-17(13-21(20)28-4)10-12-22(26)30-16(3)23(27)25-19-8-6-5-7-18(19)14-24/h5-13,15-16H,1-4H3,(H,25,27)/b12-10+/t16-/m1/s1. The quantitative estimate of drug-likeness (QED) is 0.525. The molecule has 2 aromatic carbocycles. The van der Waals surface area contributed by atoms with Gasteiger partial charge in [-0.05, 0) is 56.7 Å². The SMILES string of the molecule is COc1cc(/C=C/C(=O)O[C@H](C)C(=O)Nc2ccccc2C#N)ccc1OC(C)C. The van der Waals surface area contributed by atoms with E-state index in [1.165, 1.54) is 20.1 Å². The number of para-hydroxylation sites is 1. The van der Waals surface area contributed by atoms with Crippen LogP contribution in [-0.2, 0) is 14.3 Å². The van der Waals surface area contributed by atoms with Crippen molar-refractivity contribution in [2.45, 2.75) is 33.0 Å². The first-order valence-corrected chi connectivity index (χ1v) is 9.37. The number of hydrogen-bond acceptors (Lipinski definition) is 6. The van der Waals surface area contributed by atoms with Crippen molar-refractivity contribution in [1.82, 2.24) is 0 Å². The number of nitrogens with one attached hydrogen (secondary N) is 1. The van der Waals surface area contributed by atoms with Crippen molar-refractivity contribution in [2.24, 2.45) is 0 Å². The van der Waals surface area contributed by atoms with Crippen LogP contribution >= 0.6 is 0 Å². The summed E-state index contributed by atoms with van der Waals surface area (Å²) in [7, 11) is 1.54. The molecule has 0 unspecified atom stereocenters. The van der Waals surface area contributed by atoms with Gasteiger partial charge >= 0.3 is 5.97 Å². The van der Waals surface area contributed by atoms with Crippen LogP contribution in [0.1, 0.15) is 31.9 Å². The molecule has 7 nitrogen and oxygen atoms in total. The van der Waals surface area contributed by atoms with Gasteiger partial charge in [-0.25, -0.2) is 4.79 Å². The third-order valence-electron chi connectivity index (χ3n) is 3.93. The number of carbonyl (C=O) groups excluding carboxylic acids is 2. The number of anilines is 1. The summed E-state index contributed by atoms with van der Waals surface area (Å²) in [5.74, 6) is -0.0534. The molecule has 30 heavy (non-hydrogen) atoms. The van der Waals surface area contributed by atoms with Crippen LogP contribution in [0.25, 0.3) is 6.08 Å². The molecule has 0 saturated carbocycles. The van der Waals surface area contributed by atoms with Gasteiger partial charge in [0.25, 0.3) is 5.91 Å². The number of amides is 1. The summed E-state index contributed by atoms with van der Waals surface area (Å²) in [5, 5.41) is 11.7. The normalized spacial score (nSPS) is 11.6. The number of benzene rings is 2. The summed E-state index contributed by atoms with van der Waals surface area (Å²) >= 11 is 0. The molecule has 0 aromatic heterocycles. The Balaban J connectivity index is 1.98. The average molecular weight is 408 g/mol. The van der Waals surface area contributed by atoms with E-state index < -0.39 is 18.0 Å². The maximum atomic E-state index is 12.2. The number of methoxy groups -OCH3 is 1. The Morgan fingerprint density at radius 3 is 2.50 bits per heavy atom. The van der Waals surface area contributed by atoms with Gasteiger partial charge in [-0.3, -0.25) is 4.79 Å². The Morgan fingerprint density at radius 1 is 1.10 bits per heavy atom. The molecule has 0 aliphatic carbocycles. The third kappa shape index (κ3) is 6.38. The highest BCUT2D eigenvalue weighted by molar-refractivity contribution is 5.97. The Bertz CT molecular complexity index is 976. The van der Waals surface area contributed by atoms with Crippen molar-refractivity contribution < 1.29 is 23.8 Å². The van der Waals surface area contributed by atoms with Crippen LogP contribution in [0, 0.1) is 11.3 Å². The molecule has 1 N–H and O–H groups in total. The summed E-state index contributed by atoms with van der Waals surface area (Å²) in [6, 6.07) is 13.8. The lowest BCUT2D eigenvalue weighted by atomic mass is 10.2. The first-order valence-electron chi connectivity index (χ1n) is 9.37. The molecular formula is C23H24N2O5. The van der Waals surface area contributed by atoms with Crippen LogP contribution in [-0.4, -0.2) is 31.2 Å². The fourth-order valence-corrected chi connectivity index (χ4v) is 2.49. The summed E-state index contributed by atoms with van der Waals surface area (Å²) < 4.78 is 16.1. The predicted octanol–water partition coefficient (Wildman–Crippen LogP) is 3.94. The minimum atomic E-state index is -1.04. The van der Waals surface area contributed by atoms with Crippen molar-refractivity contribution in [1.29, 1.82) is 5.26 Å². The molecule has 0 bridgehead atoms. The van der Waals surface area contributed by atoms with E-state index >= 15 is 0 Å². The number of ether oxygens (including phenoxy) is 3. The number of nitrogens with zero attached hydrogens (tertiary/aromatic N) is 1. The molecule has 156 valence electrons. The highest BCUT2D eigenvalue weighted by atomic mass is 16.5. The Hall–Kier alpha value is -3.79. The number of hydrogen-bond donors (Lipinski definition) is 1. The van der Waals surface area contributed by atoms with Gasteiger partial charge in [0.1, 0.15) is 6.07 Å². The smallest absolute Gasteiger partial charge is 0.331 e. The Kier molecular flexibility index (Phi) is 8.00. The molecule has 2 rings (SSSR count). The van der Waals surface area contributed by atoms with Crippen molar-refractivity contribution >= 4 is 23.6 Å². The van der Waals surface area contributed by atoms with E-state index in [1.807, 2.05) is 19.9 Å². The lowest BCUT2D eigenvalue weighted by Crippen LogP contribution is -2.29. The first-order chi connectivity index (χ1) is 14.3. The number of rotatable bonds is 8. The Morgan fingerprint density at radius 2 is 1.83 bits per heavy atom. The zero-order chi connectivity index (χ0) is 22.1. The molecule has 0 fully saturated rings. The maximum absolute atomic E-state index is 12.2. The summed E-state index contributed by atoms with van der Waals surface area (Å²) in [5.41, 5.74) is 1.39. The molecule has 0 spiro atoms. The van der Waals surface area contributed by atoms with Crippen molar-refractivity contribution in [2.75, 3.05) is 12.4 Å². The summed E-state index contributed by atoms with van der Waals surface area (Å²) in [6.07, 6.45) is 1.75. The fourth-order valence-electron chi connectivity index (χ4n) is 2.49. The zero-order valence-electron chi connectivity index (χ0n) is 17.3. The average Bonchev–Trinajstić information content (AvgIpc) is 2.72. The van der Waals surface area contributed by atoms with Crippen LogP contribution in [0.5, 0.6) is 11.5 Å². The molecule has 7 heteroatoms. The number of esters is 1. The van der Waals surface area contributed by atoms with Crippen LogP contribution in [0.3, 0.4) is 0 Å². The lowest BCUT2D eigenvalue weighted by Gasteiger charge is -2.14. The van der Waals surface area contributed by atoms with Crippen LogP contribution in [0.15, 0.2) is 48.5 Å². The molecule has 0 saturated heterocycles. The van der Waals surface area contributed by atoms with Crippen LogP contribution in [0.2, 0.25) is 0 Å². The molecule has 2 aromatic rings. The molecule has 0 heterocycles. The lowest BCUT2D eigenvalue weighted by molar-refractivity contribution is -0.148. The summed E-state index contributed by atoms with van der Waals surface area (Å²) in [6.45, 7) is 5.29. The van der Waals surface area contributed by atoms with E-state index in [-0.39, 0.29) is 6.10 Å². The van der Waals surface area contributed by atoms with Gasteiger partial charge in [0.05, 0.1) is 24.5 Å². The van der Waals surface area contributed by atoms with Gasteiger partial charge in [-0.2, -0.15) is 5.26 Å². The van der Waals surface area contributed by atoms with Crippen LogP contribution < -0.4 is 14.8 Å². The van der Waals surface area contributed by atoms with Gasteiger partial charge in [0.15, 0.2) is 17.6 Å². The Labute approximate surface area is 175 Å². The van der Waals surface area contributed by atoms with E-state index in [4.69, 9.17) is 19.5 Å². The second-order valence-electron chi connectivity index (χ2n) is 6.64. The largest absolute Gasteiger partial charge is 0.493 e. The van der Waals surface area contributed by atoms with Crippen LogP contribution in [0.4, 0.5) is 5.69 Å². The van der Waals surface area contributed by atoms with Gasteiger partial charge in [0, 0.05) is 6.08 Å². The molecule has 1 amide bonds. The third-order valence-corrected chi connectivity index (χ3v) is 3.93. The van der Waals surface area contributed by atoms with Crippen molar-refractivity contribution in [3.05, 3.63) is 59.7 Å². The van der Waals surface area contributed by atoms with Gasteiger partial charge in [-0.15, -0.1) is 0 Å². The highest BCUT2D eigenvalue weighted by Gasteiger charge is 2.18. The minimum Gasteiger partial charge on any atom is -0.493 e. The number of carbonyl (C=O) groups is 2. The minimum absolute atomic E-state index is 0.00280. The molecule has 0 radical (unpaired) electrons. The molecule has 1 atom stereocenters. The second kappa shape index (κ2) is 10.7.